The second-order valence-corrected chi connectivity index (χ2v) is 19.9. The van der Waals surface area contributed by atoms with Crippen LogP contribution in [0, 0.1) is 58.2 Å². The van der Waals surface area contributed by atoms with Gasteiger partial charge in [0.1, 0.15) is 5.69 Å². The first kappa shape index (κ1) is 71.7. The molecule has 488 valence electrons. The summed E-state index contributed by atoms with van der Waals surface area (Å²) in [5, 5.41) is 53.9. The molecule has 10 rings (SSSR count). The van der Waals surface area contributed by atoms with E-state index in [1.54, 1.807) is 6.92 Å². The summed E-state index contributed by atoms with van der Waals surface area (Å²) in [4.78, 5) is 96.5. The number of nitrogens with zero attached hydrogens (tertiary/aromatic N) is 7. The summed E-state index contributed by atoms with van der Waals surface area (Å²) in [6.07, 6.45) is -0.732. The Hall–Kier alpha value is -11.4. The highest BCUT2D eigenvalue weighted by molar-refractivity contribution is 7.12. The Kier molecular flexibility index (Phi) is 24.8. The van der Waals surface area contributed by atoms with E-state index in [4.69, 9.17) is 14.9 Å². The lowest BCUT2D eigenvalue weighted by Gasteiger charge is -2.01. The van der Waals surface area contributed by atoms with Gasteiger partial charge in [0.25, 0.3) is 0 Å². The third-order valence-corrected chi connectivity index (χ3v) is 13.4. The number of carboxylic acid groups (broad SMARTS) is 3. The fourth-order valence-electron chi connectivity index (χ4n) is 7.24. The average Bonchev–Trinajstić information content (AvgIpc) is 1.66. The molecule has 0 saturated carbocycles. The molecule has 0 aliphatic carbocycles. The van der Waals surface area contributed by atoms with Gasteiger partial charge in [-0.1, -0.05) is 0 Å². The predicted molar refractivity (Wildman–Crippen MR) is 309 cm³/mol. The second kappa shape index (κ2) is 32.6. The Morgan fingerprint density at radius 2 is 0.926 bits per heavy atom. The van der Waals surface area contributed by atoms with E-state index in [9.17, 15) is 92.5 Å². The van der Waals surface area contributed by atoms with E-state index in [0.29, 0.717) is 34.3 Å². The number of hydrogen-bond acceptors (Lipinski definition) is 18. The molecular formula is C60H42F10N8O14S2. The van der Waals surface area contributed by atoms with Crippen molar-refractivity contribution < 1.29 is 112 Å². The number of carbonyl (C=O) groups is 8. The standard InChI is InChI=1S/C14H7F2N3O4S.C14H9F2N3O3S.C12H10F2N2O2.C12H10F2O4.C8H6F2O/c15-7-2-1-6(3-8(7)16)9-4-11(13(22)23)19(18-9)14-17-10(5-24-14)12(20)21;15-9-2-1-7(3-10(9)16)11-4-8(5-20)19(18-11)14-17-12(6-23-14)13(21)22;1-2-18-12(17)11-6-10(15-16-11)7-3-4-8(13)9(14)5-7;1-2-18-12(17)11(16)6-10(15)7-3-4-8(13)9(14)5-7;1-5(11)6-2-3-7(9)8(10)4-6/h1-5H,(H,20,21)(H,22,23);1-4,6,20H,5H2,(H,21,22);3-6H,2H2,1H3,(H,15,16);3-5H,2,6H2,1H3;2-4H,1H3. The minimum absolute atomic E-state index is 0.0178. The summed E-state index contributed by atoms with van der Waals surface area (Å²) in [6.45, 7) is 4.39. The number of ketones is 3. The molecule has 0 aliphatic rings. The van der Waals surface area contributed by atoms with Crippen molar-refractivity contribution in [3.63, 3.8) is 0 Å². The first-order valence-electron chi connectivity index (χ1n) is 26.2. The van der Waals surface area contributed by atoms with Crippen molar-refractivity contribution in [3.05, 3.63) is 218 Å². The molecule has 0 amide bonds. The molecule has 34 heteroatoms. The summed E-state index contributed by atoms with van der Waals surface area (Å²) in [6, 6.07) is 19.4. The summed E-state index contributed by atoms with van der Waals surface area (Å²) in [7, 11) is 0. The molecule has 0 fully saturated rings. The van der Waals surface area contributed by atoms with Crippen LogP contribution in [0.25, 0.3) is 44.0 Å². The lowest BCUT2D eigenvalue weighted by molar-refractivity contribution is -0.153. The number of rotatable bonds is 17. The molecule has 94 heavy (non-hydrogen) atoms. The van der Waals surface area contributed by atoms with Gasteiger partial charge in [0.05, 0.1) is 49.0 Å². The highest BCUT2D eigenvalue weighted by atomic mass is 32.1. The van der Waals surface area contributed by atoms with E-state index in [1.807, 2.05) is 0 Å². The van der Waals surface area contributed by atoms with Crippen molar-refractivity contribution in [2.45, 2.75) is 33.8 Å². The largest absolute Gasteiger partial charge is 0.477 e. The van der Waals surface area contributed by atoms with Crippen molar-refractivity contribution >= 4 is 69.9 Å². The van der Waals surface area contributed by atoms with Crippen LogP contribution in [0.5, 0.6) is 0 Å². The fraction of sp³-hybridized carbons (Fsp3) is 0.117. The number of esters is 2. The number of aliphatic hydroxyl groups excluding tert-OH is 1. The fourth-order valence-corrected chi connectivity index (χ4v) is 8.78. The highest BCUT2D eigenvalue weighted by Gasteiger charge is 2.24. The molecule has 0 saturated heterocycles. The van der Waals surface area contributed by atoms with Crippen LogP contribution >= 0.6 is 22.7 Å². The zero-order chi connectivity index (χ0) is 69.2. The van der Waals surface area contributed by atoms with Crippen molar-refractivity contribution in [2.24, 2.45) is 0 Å². The maximum Gasteiger partial charge on any atom is 0.375 e. The lowest BCUT2D eigenvalue weighted by atomic mass is 10.1. The van der Waals surface area contributed by atoms with Crippen molar-refractivity contribution in [1.82, 2.24) is 39.7 Å². The number of nitrogens with one attached hydrogen (secondary N) is 1. The first-order chi connectivity index (χ1) is 44.5. The zero-order valence-electron chi connectivity index (χ0n) is 48.0. The van der Waals surface area contributed by atoms with Crippen LogP contribution < -0.4 is 0 Å². The van der Waals surface area contributed by atoms with E-state index < -0.39 is 106 Å². The third kappa shape index (κ3) is 18.9. The quantitative estimate of drug-likeness (QED) is 0.0186. The van der Waals surface area contributed by atoms with Gasteiger partial charge >= 0.3 is 29.8 Å². The van der Waals surface area contributed by atoms with Crippen LogP contribution in [0.15, 0.2) is 120 Å². The third-order valence-electron chi connectivity index (χ3n) is 11.8. The molecule has 0 aliphatic heterocycles. The summed E-state index contributed by atoms with van der Waals surface area (Å²) in [5.74, 6) is -17.7. The average molecular weight is 1350 g/mol. The number of Topliss-reactive ketones (excluding diaryl/α,β-unsaturated/α-hetero) is 3. The molecule has 22 nitrogen and oxygen atoms in total. The van der Waals surface area contributed by atoms with Gasteiger partial charge in [-0.2, -0.15) is 20.0 Å². The van der Waals surface area contributed by atoms with Crippen LogP contribution in [0.2, 0.25) is 0 Å². The Morgan fingerprint density at radius 3 is 1.35 bits per heavy atom. The molecule has 0 bridgehead atoms. The van der Waals surface area contributed by atoms with E-state index >= 15 is 0 Å². The van der Waals surface area contributed by atoms with Crippen molar-refractivity contribution in [3.8, 4) is 44.0 Å². The second-order valence-electron chi connectivity index (χ2n) is 18.2. The Balaban J connectivity index is 0.000000190. The monoisotopic (exact) mass is 1350 g/mol. The number of ether oxygens (including phenoxy) is 2. The molecule has 5 heterocycles. The van der Waals surface area contributed by atoms with Gasteiger partial charge in [0.2, 0.25) is 16.0 Å². The minimum Gasteiger partial charge on any atom is -0.477 e. The summed E-state index contributed by atoms with van der Waals surface area (Å²) < 4.78 is 140. The van der Waals surface area contributed by atoms with Gasteiger partial charge in [0.15, 0.2) is 86.8 Å². The van der Waals surface area contributed by atoms with Gasteiger partial charge in [-0.05, 0) is 130 Å². The lowest BCUT2D eigenvalue weighted by Crippen LogP contribution is -2.20. The van der Waals surface area contributed by atoms with Gasteiger partial charge in [-0.3, -0.25) is 19.5 Å². The molecule has 5 N–H and O–H groups in total. The van der Waals surface area contributed by atoms with Crippen LogP contribution in [0.4, 0.5) is 43.9 Å². The molecule has 0 unspecified atom stereocenters. The molecule has 5 aromatic carbocycles. The van der Waals surface area contributed by atoms with E-state index in [-0.39, 0.29) is 81.0 Å². The number of carbonyl (C=O) groups excluding carboxylic acids is 5. The number of aromatic carboxylic acids is 3. The number of halogens is 10. The van der Waals surface area contributed by atoms with Crippen LogP contribution in [0.1, 0.15) is 95.6 Å². The van der Waals surface area contributed by atoms with E-state index in [1.165, 1.54) is 65.7 Å². The molecule has 10 aromatic rings. The number of thiazole rings is 2. The van der Waals surface area contributed by atoms with Crippen molar-refractivity contribution in [2.75, 3.05) is 13.2 Å². The Morgan fingerprint density at radius 1 is 0.500 bits per heavy atom. The number of carboxylic acids is 3. The zero-order valence-corrected chi connectivity index (χ0v) is 49.6. The van der Waals surface area contributed by atoms with Gasteiger partial charge in [-0.25, -0.2) is 82.5 Å². The smallest absolute Gasteiger partial charge is 0.375 e. The topological polar surface area (TPSA) is 326 Å². The van der Waals surface area contributed by atoms with Crippen LogP contribution in [-0.4, -0.2) is 121 Å². The SMILES string of the molecule is CC(=O)c1ccc(F)c(F)c1.CCOC(=O)C(=O)CC(=O)c1ccc(F)c(F)c1.CCOC(=O)c1cc(-c2ccc(F)c(F)c2)n[nH]1.O=C(O)c1csc(-n2nc(-c3ccc(F)c(F)c3)cc2C(=O)O)n1.O=C(O)c1csc(-n2nc(-c3ccc(F)c(F)c3)cc2CO)n1. The van der Waals surface area contributed by atoms with Crippen LogP contribution in [-0.2, 0) is 25.7 Å². The Bertz CT molecular complexity index is 4490. The summed E-state index contributed by atoms with van der Waals surface area (Å²) in [5.41, 5.74) is 1.44. The normalized spacial score (nSPS) is 10.4. The minimum atomic E-state index is -1.33. The number of hydrogen-bond donors (Lipinski definition) is 5. The molecule has 0 atom stereocenters. The molecule has 0 spiro atoms. The molecule has 5 aromatic heterocycles. The van der Waals surface area contributed by atoms with E-state index in [0.717, 1.165) is 94.1 Å². The number of aromatic nitrogens is 8. The highest BCUT2D eigenvalue weighted by Crippen LogP contribution is 2.28. The number of aliphatic hydroxyl groups is 1. The molecule has 0 radical (unpaired) electrons. The predicted octanol–water partition coefficient (Wildman–Crippen LogP) is 11.5. The first-order valence-corrected chi connectivity index (χ1v) is 27.9. The van der Waals surface area contributed by atoms with Crippen molar-refractivity contribution in [1.29, 1.82) is 0 Å². The Labute approximate surface area is 528 Å². The number of aromatic amines is 1. The number of H-pyrrole nitrogens is 1. The van der Waals surface area contributed by atoms with Crippen LogP contribution in [0.3, 0.4) is 0 Å². The van der Waals surface area contributed by atoms with Gasteiger partial charge in [-0.15, -0.1) is 22.7 Å². The summed E-state index contributed by atoms with van der Waals surface area (Å²) >= 11 is 1.93. The van der Waals surface area contributed by atoms with Gasteiger partial charge in [0, 0.05) is 38.6 Å². The maximum absolute atomic E-state index is 13.3. The number of benzene rings is 5. The van der Waals surface area contributed by atoms with E-state index in [2.05, 4.69) is 35.1 Å². The van der Waals surface area contributed by atoms with Gasteiger partial charge < -0.3 is 29.9 Å². The maximum atomic E-state index is 13.3. The molecular weight excluding hydrogens is 1310 g/mol.